The van der Waals surface area contributed by atoms with Gasteiger partial charge in [0, 0.05) is 52.2 Å². The molecule has 2 aromatic rings. The lowest BCUT2D eigenvalue weighted by molar-refractivity contribution is 0.0751. The number of aromatic nitrogens is 3. The number of amides is 1. The molecule has 112 valence electrons. The number of hydrogen-bond donors (Lipinski definition) is 0. The Hall–Kier alpha value is -1.75. The van der Waals surface area contributed by atoms with Gasteiger partial charge in [0.1, 0.15) is 11.5 Å². The molecule has 0 saturated carbocycles. The first-order valence-electron chi connectivity index (χ1n) is 7.12. The number of imidazole rings is 1. The molecular weight excluding hydrogens is 288 g/mol. The van der Waals surface area contributed by atoms with Gasteiger partial charge in [0.2, 0.25) is 0 Å². The monoisotopic (exact) mass is 306 g/mol. The molecular formula is C15H19ClN4O. The van der Waals surface area contributed by atoms with Crippen LogP contribution in [0.4, 0.5) is 0 Å². The van der Waals surface area contributed by atoms with E-state index in [4.69, 9.17) is 11.6 Å². The van der Waals surface area contributed by atoms with Crippen LogP contribution in [0.15, 0.2) is 24.7 Å². The summed E-state index contributed by atoms with van der Waals surface area (Å²) in [7, 11) is 3.69. The first-order chi connectivity index (χ1) is 10.0. The maximum Gasteiger partial charge on any atom is 0.270 e. The average molecular weight is 307 g/mol. The molecule has 1 amide bonds. The maximum absolute atomic E-state index is 12.5. The van der Waals surface area contributed by atoms with E-state index >= 15 is 0 Å². The summed E-state index contributed by atoms with van der Waals surface area (Å²) in [6.45, 7) is 1.68. The minimum absolute atomic E-state index is 0.0147. The Morgan fingerprint density at radius 2 is 2.38 bits per heavy atom. The van der Waals surface area contributed by atoms with E-state index in [1.54, 1.807) is 21.7 Å². The number of carbonyl (C=O) groups excluding carboxylic acids is 1. The highest BCUT2D eigenvalue weighted by Gasteiger charge is 2.23. The van der Waals surface area contributed by atoms with Crippen LogP contribution in [0.2, 0.25) is 5.02 Å². The van der Waals surface area contributed by atoms with Crippen LogP contribution in [0.3, 0.4) is 0 Å². The van der Waals surface area contributed by atoms with Crippen molar-refractivity contribution in [3.05, 3.63) is 41.2 Å². The van der Waals surface area contributed by atoms with Crippen LogP contribution in [0.25, 0.3) is 0 Å². The van der Waals surface area contributed by atoms with E-state index in [0.29, 0.717) is 16.6 Å². The molecule has 0 fully saturated rings. The summed E-state index contributed by atoms with van der Waals surface area (Å²) in [4.78, 5) is 18.6. The van der Waals surface area contributed by atoms with E-state index in [2.05, 4.69) is 9.55 Å². The van der Waals surface area contributed by atoms with Crippen LogP contribution in [0.5, 0.6) is 0 Å². The van der Waals surface area contributed by atoms with Gasteiger partial charge in [-0.3, -0.25) is 4.79 Å². The zero-order chi connectivity index (χ0) is 15.0. The number of carbonyl (C=O) groups is 1. The largest absolute Gasteiger partial charge is 0.345 e. The number of nitrogens with zero attached hydrogens (tertiary/aromatic N) is 4. The summed E-state index contributed by atoms with van der Waals surface area (Å²) in [6.07, 6.45) is 7.66. The molecule has 1 unspecified atom stereocenters. The highest BCUT2D eigenvalue weighted by Crippen LogP contribution is 2.21. The second-order valence-electron chi connectivity index (χ2n) is 5.74. The number of halogens is 1. The first-order valence-corrected chi connectivity index (χ1v) is 7.49. The van der Waals surface area contributed by atoms with Gasteiger partial charge < -0.3 is 14.0 Å². The van der Waals surface area contributed by atoms with Crippen molar-refractivity contribution in [3.63, 3.8) is 0 Å². The molecule has 0 bridgehead atoms. The first kappa shape index (κ1) is 14.2. The van der Waals surface area contributed by atoms with Crippen LogP contribution < -0.4 is 0 Å². The highest BCUT2D eigenvalue weighted by atomic mass is 35.5. The van der Waals surface area contributed by atoms with E-state index in [1.807, 2.05) is 26.5 Å². The predicted molar refractivity (Wildman–Crippen MR) is 81.4 cm³/mol. The molecule has 3 rings (SSSR count). The van der Waals surface area contributed by atoms with Gasteiger partial charge in [-0.1, -0.05) is 11.6 Å². The topological polar surface area (TPSA) is 43.1 Å². The zero-order valence-electron chi connectivity index (χ0n) is 12.3. The third-order valence-electron chi connectivity index (χ3n) is 4.10. The quantitative estimate of drug-likeness (QED) is 0.872. The standard InChI is InChI=1S/C15H19ClN4O/c1-18-10-12(16)7-13(18)15(21)19(2)8-11-3-4-14-17-5-6-20(14)9-11/h5-7,10-11H,3-4,8-9H2,1-2H3. The lowest BCUT2D eigenvalue weighted by Crippen LogP contribution is -2.36. The van der Waals surface area contributed by atoms with E-state index in [9.17, 15) is 4.79 Å². The predicted octanol–water partition coefficient (Wildman–Crippen LogP) is 2.21. The van der Waals surface area contributed by atoms with Gasteiger partial charge in [-0.05, 0) is 18.4 Å². The van der Waals surface area contributed by atoms with Crippen LogP contribution in [0.1, 0.15) is 22.7 Å². The van der Waals surface area contributed by atoms with Crippen molar-refractivity contribution in [2.24, 2.45) is 13.0 Å². The third-order valence-corrected chi connectivity index (χ3v) is 4.31. The summed E-state index contributed by atoms with van der Waals surface area (Å²) >= 11 is 5.95. The van der Waals surface area contributed by atoms with Crippen molar-refractivity contribution in [3.8, 4) is 0 Å². The molecule has 3 heterocycles. The lowest BCUT2D eigenvalue weighted by atomic mass is 9.99. The summed E-state index contributed by atoms with van der Waals surface area (Å²) in [5.74, 6) is 1.63. The second-order valence-corrected chi connectivity index (χ2v) is 6.18. The molecule has 0 aromatic carbocycles. The number of rotatable bonds is 3. The molecule has 2 aromatic heterocycles. The van der Waals surface area contributed by atoms with Gasteiger partial charge in [0.25, 0.3) is 5.91 Å². The van der Waals surface area contributed by atoms with E-state index in [1.165, 1.54) is 0 Å². The Morgan fingerprint density at radius 3 is 3.10 bits per heavy atom. The van der Waals surface area contributed by atoms with Crippen LogP contribution in [-0.4, -0.2) is 38.5 Å². The third kappa shape index (κ3) is 2.83. The summed E-state index contributed by atoms with van der Waals surface area (Å²) in [5, 5.41) is 0.593. The van der Waals surface area contributed by atoms with Crippen molar-refractivity contribution < 1.29 is 4.79 Å². The van der Waals surface area contributed by atoms with Gasteiger partial charge in [-0.15, -0.1) is 0 Å². The Kier molecular flexibility index (Phi) is 3.76. The summed E-state index contributed by atoms with van der Waals surface area (Å²) in [6, 6.07) is 1.72. The fourth-order valence-electron chi connectivity index (χ4n) is 2.99. The molecule has 0 radical (unpaired) electrons. The van der Waals surface area contributed by atoms with Gasteiger partial charge in [-0.2, -0.15) is 0 Å². The van der Waals surface area contributed by atoms with Crippen LogP contribution >= 0.6 is 11.6 Å². The van der Waals surface area contributed by atoms with Crippen molar-refractivity contribution in [1.29, 1.82) is 0 Å². The van der Waals surface area contributed by atoms with Crippen LogP contribution in [0, 0.1) is 5.92 Å². The number of aryl methyl sites for hydroxylation is 2. The summed E-state index contributed by atoms with van der Waals surface area (Å²) < 4.78 is 3.96. The van der Waals surface area contributed by atoms with Crippen molar-refractivity contribution >= 4 is 17.5 Å². The van der Waals surface area contributed by atoms with E-state index < -0.39 is 0 Å². The zero-order valence-corrected chi connectivity index (χ0v) is 13.0. The molecule has 1 aliphatic rings. The maximum atomic E-state index is 12.5. The Bertz CT molecular complexity index is 660. The lowest BCUT2D eigenvalue weighted by Gasteiger charge is -2.28. The number of hydrogen-bond acceptors (Lipinski definition) is 2. The van der Waals surface area contributed by atoms with Gasteiger partial charge in [0.15, 0.2) is 0 Å². The van der Waals surface area contributed by atoms with Gasteiger partial charge >= 0.3 is 0 Å². The SMILES string of the molecule is CN(CC1CCc2nccn2C1)C(=O)c1cc(Cl)cn1C. The van der Waals surface area contributed by atoms with Crippen LogP contribution in [-0.2, 0) is 20.0 Å². The summed E-state index contributed by atoms with van der Waals surface area (Å²) in [5.41, 5.74) is 0.627. The van der Waals surface area contributed by atoms with Crippen molar-refractivity contribution in [1.82, 2.24) is 19.0 Å². The molecule has 21 heavy (non-hydrogen) atoms. The minimum atomic E-state index is 0.0147. The van der Waals surface area contributed by atoms with E-state index in [0.717, 1.165) is 31.8 Å². The smallest absolute Gasteiger partial charge is 0.270 e. The molecule has 1 atom stereocenters. The fourth-order valence-corrected chi connectivity index (χ4v) is 3.24. The fraction of sp³-hybridized carbons (Fsp3) is 0.467. The molecule has 0 aliphatic carbocycles. The average Bonchev–Trinajstić information content (AvgIpc) is 3.03. The Morgan fingerprint density at radius 1 is 1.57 bits per heavy atom. The van der Waals surface area contributed by atoms with Crippen molar-refractivity contribution in [2.75, 3.05) is 13.6 Å². The Labute approximate surface area is 129 Å². The number of fused-ring (bicyclic) bond motifs is 1. The molecule has 1 aliphatic heterocycles. The molecule has 0 N–H and O–H groups in total. The van der Waals surface area contributed by atoms with Gasteiger partial charge in [-0.25, -0.2) is 4.98 Å². The van der Waals surface area contributed by atoms with E-state index in [-0.39, 0.29) is 5.91 Å². The Balaban J connectivity index is 1.65. The molecule has 0 saturated heterocycles. The second kappa shape index (κ2) is 5.56. The minimum Gasteiger partial charge on any atom is -0.345 e. The highest BCUT2D eigenvalue weighted by molar-refractivity contribution is 6.31. The van der Waals surface area contributed by atoms with Crippen molar-refractivity contribution in [2.45, 2.75) is 19.4 Å². The molecule has 6 heteroatoms. The molecule has 0 spiro atoms. The molecule has 5 nitrogen and oxygen atoms in total. The normalized spacial score (nSPS) is 17.6. The van der Waals surface area contributed by atoms with Gasteiger partial charge in [0.05, 0.1) is 5.02 Å².